The number of hydrogen-bond donors (Lipinski definition) is 1. The molecule has 1 atom stereocenters. The molecule has 0 saturated carbocycles. The molecule has 1 unspecified atom stereocenters. The Morgan fingerprint density at radius 3 is 2.96 bits per heavy atom. The smallest absolute Gasteiger partial charge is 0.272 e. The van der Waals surface area contributed by atoms with E-state index in [1.165, 1.54) is 35.4 Å². The number of amides is 1. The van der Waals surface area contributed by atoms with E-state index in [0.717, 1.165) is 10.7 Å². The Bertz CT molecular complexity index is 1030. The summed E-state index contributed by atoms with van der Waals surface area (Å²) in [6, 6.07) is 4.48. The Labute approximate surface area is 164 Å². The number of thioether (sulfide) groups is 1. The quantitative estimate of drug-likeness (QED) is 0.506. The average Bonchev–Trinajstić information content (AvgIpc) is 3.09. The van der Waals surface area contributed by atoms with E-state index in [-0.39, 0.29) is 17.2 Å². The van der Waals surface area contributed by atoms with Crippen molar-refractivity contribution in [1.82, 2.24) is 15.3 Å². The number of rotatable bonds is 6. The molecule has 1 aromatic carbocycles. The second kappa shape index (κ2) is 8.37. The van der Waals surface area contributed by atoms with Crippen molar-refractivity contribution in [1.29, 1.82) is 0 Å². The number of fused-ring (bicyclic) bond motifs is 1. The number of terminal acetylenes is 1. The maximum absolute atomic E-state index is 14.3. The van der Waals surface area contributed by atoms with Gasteiger partial charge in [0.15, 0.2) is 5.82 Å². The van der Waals surface area contributed by atoms with Crippen molar-refractivity contribution in [2.45, 2.75) is 18.9 Å². The molecule has 0 aliphatic carbocycles. The number of aryl methyl sites for hydroxylation is 1. The van der Waals surface area contributed by atoms with Gasteiger partial charge >= 0.3 is 0 Å². The molecule has 3 rings (SSSR count). The number of ether oxygens (including phenoxy) is 1. The first kappa shape index (κ1) is 19.1. The highest BCUT2D eigenvalue weighted by atomic mass is 32.2. The lowest BCUT2D eigenvalue weighted by molar-refractivity contribution is -0.124. The van der Waals surface area contributed by atoms with Gasteiger partial charge in [0.2, 0.25) is 5.44 Å². The van der Waals surface area contributed by atoms with Crippen LogP contribution in [0.4, 0.5) is 4.39 Å². The van der Waals surface area contributed by atoms with E-state index in [4.69, 9.17) is 11.2 Å². The Hall–Kier alpha value is -2.63. The molecule has 0 saturated heterocycles. The van der Waals surface area contributed by atoms with Crippen LogP contribution in [0.15, 0.2) is 29.8 Å². The minimum atomic E-state index is -0.827. The van der Waals surface area contributed by atoms with E-state index in [2.05, 4.69) is 21.2 Å². The van der Waals surface area contributed by atoms with Crippen LogP contribution in [0, 0.1) is 25.1 Å². The number of thiazole rings is 1. The number of nitrogens with zero attached hydrogens (tertiary/aromatic N) is 2. The van der Waals surface area contributed by atoms with Gasteiger partial charge in [-0.3, -0.25) is 9.78 Å². The van der Waals surface area contributed by atoms with Crippen LogP contribution in [0.3, 0.4) is 0 Å². The Morgan fingerprint density at radius 2 is 2.30 bits per heavy atom. The number of aromatic nitrogens is 2. The second-order valence-electron chi connectivity index (χ2n) is 5.63. The van der Waals surface area contributed by atoms with E-state index in [1.807, 2.05) is 12.3 Å². The van der Waals surface area contributed by atoms with Crippen LogP contribution < -0.4 is 10.1 Å². The van der Waals surface area contributed by atoms with E-state index >= 15 is 0 Å². The highest BCUT2D eigenvalue weighted by Crippen LogP contribution is 2.26. The van der Waals surface area contributed by atoms with E-state index in [9.17, 15) is 9.18 Å². The first-order valence-electron chi connectivity index (χ1n) is 7.94. The van der Waals surface area contributed by atoms with Gasteiger partial charge in [0.25, 0.3) is 5.91 Å². The van der Waals surface area contributed by atoms with Crippen LogP contribution in [0.2, 0.25) is 0 Å². The Balaban J connectivity index is 1.75. The molecule has 138 valence electrons. The van der Waals surface area contributed by atoms with Crippen molar-refractivity contribution < 1.29 is 13.9 Å². The molecule has 0 bridgehead atoms. The zero-order valence-electron chi connectivity index (χ0n) is 14.7. The van der Waals surface area contributed by atoms with Crippen LogP contribution in [0.5, 0.6) is 5.75 Å². The minimum Gasteiger partial charge on any atom is -0.470 e. The molecule has 0 spiro atoms. The lowest BCUT2D eigenvalue weighted by Gasteiger charge is -2.17. The van der Waals surface area contributed by atoms with Crippen molar-refractivity contribution in [3.05, 3.63) is 51.9 Å². The van der Waals surface area contributed by atoms with Crippen LogP contribution in [-0.4, -0.2) is 27.6 Å². The lowest BCUT2D eigenvalue weighted by Crippen LogP contribution is -2.35. The van der Waals surface area contributed by atoms with Gasteiger partial charge in [-0.05, 0) is 25.3 Å². The summed E-state index contributed by atoms with van der Waals surface area (Å²) in [6.07, 6.45) is 8.54. The first-order chi connectivity index (χ1) is 13.0. The van der Waals surface area contributed by atoms with Crippen molar-refractivity contribution >= 4 is 39.9 Å². The van der Waals surface area contributed by atoms with Crippen molar-refractivity contribution in [3.8, 4) is 18.1 Å². The Morgan fingerprint density at radius 1 is 1.48 bits per heavy atom. The largest absolute Gasteiger partial charge is 0.470 e. The molecule has 2 heterocycles. The fraction of sp³-hybridized carbons (Fsp3) is 0.211. The highest BCUT2D eigenvalue weighted by Gasteiger charge is 2.20. The summed E-state index contributed by atoms with van der Waals surface area (Å²) in [7, 11) is 0. The topological polar surface area (TPSA) is 64.1 Å². The normalized spacial score (nSPS) is 11.8. The zero-order chi connectivity index (χ0) is 19.4. The third-order valence-electron chi connectivity index (χ3n) is 3.63. The SMILES string of the molecule is C#Cc1cnc2c(F)cc(OC(SC)C(=O)NCc3nc(C)cs3)cc2c1. The molecule has 1 N–H and O–H groups in total. The molecule has 0 radical (unpaired) electrons. The number of carbonyl (C=O) groups is 1. The van der Waals surface area contributed by atoms with Gasteiger partial charge < -0.3 is 10.1 Å². The van der Waals surface area contributed by atoms with Gasteiger partial charge in [-0.25, -0.2) is 9.37 Å². The number of pyridine rings is 1. The van der Waals surface area contributed by atoms with Crippen LogP contribution in [0.1, 0.15) is 16.3 Å². The highest BCUT2D eigenvalue weighted by molar-refractivity contribution is 7.99. The number of benzene rings is 1. The van der Waals surface area contributed by atoms with E-state index < -0.39 is 11.3 Å². The molecular weight excluding hydrogens is 385 g/mol. The number of hydrogen-bond acceptors (Lipinski definition) is 6. The van der Waals surface area contributed by atoms with Gasteiger partial charge in [-0.1, -0.05) is 5.92 Å². The van der Waals surface area contributed by atoms with E-state index in [0.29, 0.717) is 17.5 Å². The molecule has 2 aromatic heterocycles. The maximum atomic E-state index is 14.3. The molecular formula is C19H16FN3O2S2. The monoisotopic (exact) mass is 401 g/mol. The number of halogens is 1. The van der Waals surface area contributed by atoms with Crippen molar-refractivity contribution in [3.63, 3.8) is 0 Å². The molecule has 5 nitrogen and oxygen atoms in total. The van der Waals surface area contributed by atoms with Crippen LogP contribution in [0.25, 0.3) is 10.9 Å². The Kier molecular flexibility index (Phi) is 5.94. The number of nitrogens with one attached hydrogen (secondary N) is 1. The summed E-state index contributed by atoms with van der Waals surface area (Å²) in [5.74, 6) is 1.84. The summed E-state index contributed by atoms with van der Waals surface area (Å²) in [4.78, 5) is 20.7. The summed E-state index contributed by atoms with van der Waals surface area (Å²) in [5, 5.41) is 6.02. The maximum Gasteiger partial charge on any atom is 0.272 e. The summed E-state index contributed by atoms with van der Waals surface area (Å²) in [6.45, 7) is 2.21. The van der Waals surface area contributed by atoms with Crippen molar-refractivity contribution in [2.75, 3.05) is 6.26 Å². The van der Waals surface area contributed by atoms with E-state index in [1.54, 1.807) is 18.4 Å². The van der Waals surface area contributed by atoms with Gasteiger partial charge in [0.1, 0.15) is 16.3 Å². The molecule has 27 heavy (non-hydrogen) atoms. The van der Waals surface area contributed by atoms with Crippen LogP contribution >= 0.6 is 23.1 Å². The molecule has 0 aliphatic rings. The minimum absolute atomic E-state index is 0.200. The molecule has 1 amide bonds. The molecule has 0 aliphatic heterocycles. The van der Waals surface area contributed by atoms with Gasteiger partial charge in [-0.2, -0.15) is 0 Å². The van der Waals surface area contributed by atoms with Crippen LogP contribution in [-0.2, 0) is 11.3 Å². The predicted molar refractivity (Wildman–Crippen MR) is 106 cm³/mol. The molecule has 8 heteroatoms. The third-order valence-corrected chi connectivity index (χ3v) is 5.33. The fourth-order valence-electron chi connectivity index (χ4n) is 2.39. The van der Waals surface area contributed by atoms with Crippen molar-refractivity contribution in [2.24, 2.45) is 0 Å². The van der Waals surface area contributed by atoms with Gasteiger partial charge in [0.05, 0.1) is 6.54 Å². The van der Waals surface area contributed by atoms with Gasteiger partial charge in [-0.15, -0.1) is 29.5 Å². The standard InChI is InChI=1S/C19H16FN3O2S2/c1-4-12-5-13-6-14(7-15(20)17(13)21-8-12)25-19(26-3)18(24)22-9-16-23-11(2)10-27-16/h1,5-8,10,19H,9H2,2-3H3,(H,22,24). The number of carbonyl (C=O) groups excluding carboxylic acids is 1. The third kappa shape index (κ3) is 4.56. The summed E-state index contributed by atoms with van der Waals surface area (Å²) < 4.78 is 20.0. The molecule has 0 fully saturated rings. The summed E-state index contributed by atoms with van der Waals surface area (Å²) in [5.41, 5.74) is 0.822. The van der Waals surface area contributed by atoms with Gasteiger partial charge in [0, 0.05) is 34.3 Å². The average molecular weight is 401 g/mol. The lowest BCUT2D eigenvalue weighted by atomic mass is 10.1. The predicted octanol–water partition coefficient (Wildman–Crippen LogP) is 3.50. The summed E-state index contributed by atoms with van der Waals surface area (Å²) >= 11 is 2.69. The fourth-order valence-corrected chi connectivity index (χ4v) is 3.60. The second-order valence-corrected chi connectivity index (χ2v) is 7.47. The first-order valence-corrected chi connectivity index (χ1v) is 10.1. The zero-order valence-corrected chi connectivity index (χ0v) is 16.3. The molecule has 3 aromatic rings.